The highest BCUT2D eigenvalue weighted by molar-refractivity contribution is 5.99. The van der Waals surface area contributed by atoms with Crippen molar-refractivity contribution < 1.29 is 15.3 Å². The zero-order valence-corrected chi connectivity index (χ0v) is 9.38. The topological polar surface area (TPSA) is 76.5 Å². The summed E-state index contributed by atoms with van der Waals surface area (Å²) in [4.78, 5) is 3.03. The standard InChI is InChI=1S/C14H11NO3/c16-10-7-6-9-11(13(10)17)14(18)12(15-9)8-4-2-1-3-5-8/h1-7,15-18H. The Morgan fingerprint density at radius 3 is 2.22 bits per heavy atom. The Morgan fingerprint density at radius 1 is 0.778 bits per heavy atom. The molecule has 4 nitrogen and oxygen atoms in total. The molecule has 0 fully saturated rings. The maximum Gasteiger partial charge on any atom is 0.170 e. The maximum atomic E-state index is 10.1. The molecule has 1 aromatic heterocycles. The number of nitrogens with one attached hydrogen (secondary N) is 1. The number of aromatic hydroxyl groups is 3. The van der Waals surface area contributed by atoms with E-state index in [2.05, 4.69) is 4.98 Å². The van der Waals surface area contributed by atoms with Crippen molar-refractivity contribution >= 4 is 10.9 Å². The van der Waals surface area contributed by atoms with Crippen LogP contribution in [-0.4, -0.2) is 20.3 Å². The molecule has 0 aliphatic rings. The number of H-pyrrole nitrogens is 1. The van der Waals surface area contributed by atoms with Crippen LogP contribution in [0.4, 0.5) is 0 Å². The van der Waals surface area contributed by atoms with E-state index in [4.69, 9.17) is 0 Å². The van der Waals surface area contributed by atoms with Crippen LogP contribution in [0.25, 0.3) is 22.2 Å². The van der Waals surface area contributed by atoms with E-state index in [1.165, 1.54) is 6.07 Å². The first-order chi connectivity index (χ1) is 8.68. The maximum absolute atomic E-state index is 10.1. The predicted octanol–water partition coefficient (Wildman–Crippen LogP) is 2.95. The molecule has 0 spiro atoms. The van der Waals surface area contributed by atoms with Gasteiger partial charge in [-0.05, 0) is 12.1 Å². The molecule has 0 aliphatic heterocycles. The fraction of sp³-hybridized carbons (Fsp3) is 0. The molecule has 3 aromatic rings. The molecule has 90 valence electrons. The second-order valence-corrected chi connectivity index (χ2v) is 4.07. The fourth-order valence-electron chi connectivity index (χ4n) is 2.06. The van der Waals surface area contributed by atoms with Crippen molar-refractivity contribution in [2.75, 3.05) is 0 Å². The van der Waals surface area contributed by atoms with Crippen molar-refractivity contribution in [3.05, 3.63) is 42.5 Å². The third kappa shape index (κ3) is 1.39. The summed E-state index contributed by atoms with van der Waals surface area (Å²) in [6, 6.07) is 12.3. The molecule has 0 radical (unpaired) electrons. The van der Waals surface area contributed by atoms with Crippen LogP contribution in [-0.2, 0) is 0 Å². The molecule has 0 saturated heterocycles. The normalized spacial score (nSPS) is 10.9. The van der Waals surface area contributed by atoms with Crippen LogP contribution in [0.5, 0.6) is 17.2 Å². The number of aromatic nitrogens is 1. The van der Waals surface area contributed by atoms with Crippen molar-refractivity contribution in [3.8, 4) is 28.5 Å². The quantitative estimate of drug-likeness (QED) is 0.495. The molecule has 18 heavy (non-hydrogen) atoms. The summed E-state index contributed by atoms with van der Waals surface area (Å²) in [5, 5.41) is 29.6. The number of rotatable bonds is 1. The number of hydrogen-bond acceptors (Lipinski definition) is 3. The summed E-state index contributed by atoms with van der Waals surface area (Å²) in [5.74, 6) is -0.635. The van der Waals surface area contributed by atoms with E-state index in [1.54, 1.807) is 6.07 Å². The summed E-state index contributed by atoms with van der Waals surface area (Å²) in [5.41, 5.74) is 1.90. The van der Waals surface area contributed by atoms with E-state index < -0.39 is 0 Å². The molecule has 2 aromatic carbocycles. The predicted molar refractivity (Wildman–Crippen MR) is 68.7 cm³/mol. The van der Waals surface area contributed by atoms with Gasteiger partial charge in [0.05, 0.1) is 16.6 Å². The number of fused-ring (bicyclic) bond motifs is 1. The Bertz CT molecular complexity index is 717. The van der Waals surface area contributed by atoms with E-state index in [-0.39, 0.29) is 22.6 Å². The highest BCUT2D eigenvalue weighted by atomic mass is 16.3. The Hall–Kier alpha value is -2.62. The van der Waals surface area contributed by atoms with Gasteiger partial charge in [-0.25, -0.2) is 0 Å². The van der Waals surface area contributed by atoms with Gasteiger partial charge in [0.2, 0.25) is 0 Å². The highest BCUT2D eigenvalue weighted by Gasteiger charge is 2.17. The highest BCUT2D eigenvalue weighted by Crippen LogP contribution is 2.43. The average Bonchev–Trinajstić information content (AvgIpc) is 2.73. The van der Waals surface area contributed by atoms with Gasteiger partial charge in [-0.1, -0.05) is 30.3 Å². The molecule has 0 bridgehead atoms. The Balaban J connectivity index is 2.34. The average molecular weight is 241 g/mol. The lowest BCUT2D eigenvalue weighted by atomic mass is 10.1. The minimum Gasteiger partial charge on any atom is -0.505 e. The molecule has 0 atom stereocenters. The van der Waals surface area contributed by atoms with E-state index in [9.17, 15) is 15.3 Å². The van der Waals surface area contributed by atoms with Gasteiger partial charge in [-0.3, -0.25) is 0 Å². The zero-order chi connectivity index (χ0) is 12.7. The first-order valence-corrected chi connectivity index (χ1v) is 5.49. The van der Waals surface area contributed by atoms with Crippen molar-refractivity contribution in [1.29, 1.82) is 0 Å². The lowest BCUT2D eigenvalue weighted by Gasteiger charge is -1.99. The van der Waals surface area contributed by atoms with Gasteiger partial charge in [0.1, 0.15) is 0 Å². The van der Waals surface area contributed by atoms with Crippen molar-refractivity contribution in [2.45, 2.75) is 0 Å². The molecule has 3 rings (SSSR count). The van der Waals surface area contributed by atoms with Gasteiger partial charge in [0.15, 0.2) is 17.2 Å². The van der Waals surface area contributed by atoms with E-state index in [1.807, 2.05) is 30.3 Å². The number of phenolic OH excluding ortho intramolecular Hbond substituents is 2. The second-order valence-electron chi connectivity index (χ2n) is 4.07. The molecule has 0 amide bonds. The van der Waals surface area contributed by atoms with Crippen molar-refractivity contribution in [3.63, 3.8) is 0 Å². The van der Waals surface area contributed by atoms with Crippen molar-refractivity contribution in [2.24, 2.45) is 0 Å². The smallest absolute Gasteiger partial charge is 0.170 e. The summed E-state index contributed by atoms with van der Waals surface area (Å²) < 4.78 is 0. The van der Waals surface area contributed by atoms with Crippen molar-refractivity contribution in [1.82, 2.24) is 4.98 Å². The monoisotopic (exact) mass is 241 g/mol. The van der Waals surface area contributed by atoms with E-state index in [0.29, 0.717) is 11.2 Å². The number of hydrogen-bond donors (Lipinski definition) is 4. The second kappa shape index (κ2) is 3.70. The minimum atomic E-state index is -0.316. The van der Waals surface area contributed by atoms with Gasteiger partial charge >= 0.3 is 0 Å². The van der Waals surface area contributed by atoms with Crippen LogP contribution in [0.3, 0.4) is 0 Å². The van der Waals surface area contributed by atoms with Gasteiger partial charge in [-0.15, -0.1) is 0 Å². The number of phenols is 2. The Kier molecular flexibility index (Phi) is 2.16. The van der Waals surface area contributed by atoms with E-state index >= 15 is 0 Å². The van der Waals surface area contributed by atoms with Crippen LogP contribution in [0.2, 0.25) is 0 Å². The molecule has 1 heterocycles. The van der Waals surface area contributed by atoms with Gasteiger partial charge in [0, 0.05) is 5.56 Å². The first-order valence-electron chi connectivity index (χ1n) is 5.49. The lowest BCUT2D eigenvalue weighted by Crippen LogP contribution is -1.75. The van der Waals surface area contributed by atoms with Crippen LogP contribution >= 0.6 is 0 Å². The molecular weight excluding hydrogens is 230 g/mol. The molecule has 4 heteroatoms. The molecule has 0 saturated carbocycles. The Labute approximate surface area is 103 Å². The Morgan fingerprint density at radius 2 is 1.50 bits per heavy atom. The summed E-state index contributed by atoms with van der Waals surface area (Å²) in [7, 11) is 0. The lowest BCUT2D eigenvalue weighted by molar-refractivity contribution is 0.406. The molecule has 4 N–H and O–H groups in total. The van der Waals surface area contributed by atoms with E-state index in [0.717, 1.165) is 5.56 Å². The third-order valence-corrected chi connectivity index (χ3v) is 2.95. The van der Waals surface area contributed by atoms with Crippen LogP contribution in [0, 0.1) is 0 Å². The third-order valence-electron chi connectivity index (χ3n) is 2.95. The summed E-state index contributed by atoms with van der Waals surface area (Å²) in [6.45, 7) is 0. The summed E-state index contributed by atoms with van der Waals surface area (Å²) >= 11 is 0. The minimum absolute atomic E-state index is 0.0652. The summed E-state index contributed by atoms with van der Waals surface area (Å²) in [6.07, 6.45) is 0. The SMILES string of the molecule is Oc1ccc2[nH]c(-c3ccccc3)c(O)c2c1O. The van der Waals surface area contributed by atoms with Crippen LogP contribution in [0.15, 0.2) is 42.5 Å². The first kappa shape index (κ1) is 10.5. The fourth-order valence-corrected chi connectivity index (χ4v) is 2.06. The number of aromatic amines is 1. The van der Waals surface area contributed by atoms with Gasteiger partial charge < -0.3 is 20.3 Å². The van der Waals surface area contributed by atoms with Crippen LogP contribution < -0.4 is 0 Å². The van der Waals surface area contributed by atoms with Gasteiger partial charge in [-0.2, -0.15) is 0 Å². The molecule has 0 aliphatic carbocycles. The van der Waals surface area contributed by atoms with Crippen LogP contribution in [0.1, 0.15) is 0 Å². The molecular formula is C14H11NO3. The van der Waals surface area contributed by atoms with Gasteiger partial charge in [0.25, 0.3) is 0 Å². The largest absolute Gasteiger partial charge is 0.505 e. The zero-order valence-electron chi connectivity index (χ0n) is 9.38. The number of benzene rings is 2. The molecule has 0 unspecified atom stereocenters.